The molecule has 0 radical (unpaired) electrons. The Kier molecular flexibility index (Phi) is 6.99. The maximum absolute atomic E-state index is 13.0. The summed E-state index contributed by atoms with van der Waals surface area (Å²) in [6, 6.07) is 27.3. The smallest absolute Gasteiger partial charge is 0.231 e. The molecule has 3 aromatic carbocycles. The van der Waals surface area contributed by atoms with Gasteiger partial charge < -0.3 is 9.42 Å². The zero-order chi connectivity index (χ0) is 25.0. The Hall–Kier alpha value is -3.73. The average Bonchev–Trinajstić information content (AvgIpc) is 3.39. The molecule has 184 valence electrons. The molecule has 4 aromatic rings. The lowest BCUT2D eigenvalue weighted by Gasteiger charge is -2.40. The van der Waals surface area contributed by atoms with E-state index in [1.165, 1.54) is 22.3 Å². The predicted octanol–water partition coefficient (Wildman–Crippen LogP) is 5.82. The van der Waals surface area contributed by atoms with Crippen LogP contribution in [0.25, 0.3) is 0 Å². The molecule has 0 aliphatic carbocycles. The van der Waals surface area contributed by atoms with Crippen LogP contribution in [0.15, 0.2) is 83.4 Å². The molecule has 1 fully saturated rings. The van der Waals surface area contributed by atoms with Crippen LogP contribution in [0, 0.1) is 13.8 Å². The van der Waals surface area contributed by atoms with E-state index in [1.54, 1.807) is 0 Å². The van der Waals surface area contributed by atoms with Crippen LogP contribution in [-0.2, 0) is 23.1 Å². The van der Waals surface area contributed by atoms with E-state index in [4.69, 9.17) is 9.51 Å². The first-order valence-corrected chi connectivity index (χ1v) is 12.8. The molecule has 1 aliphatic rings. The Morgan fingerprint density at radius 1 is 0.861 bits per heavy atom. The van der Waals surface area contributed by atoms with Crippen LogP contribution in [-0.4, -0.2) is 34.0 Å². The molecular weight excluding hydrogens is 446 g/mol. The van der Waals surface area contributed by atoms with Gasteiger partial charge in [0, 0.05) is 19.5 Å². The summed E-state index contributed by atoms with van der Waals surface area (Å²) in [5.41, 5.74) is 5.65. The van der Waals surface area contributed by atoms with E-state index in [9.17, 15) is 4.79 Å². The van der Waals surface area contributed by atoms with Crippen LogP contribution in [0.4, 0.5) is 0 Å². The van der Waals surface area contributed by atoms with Crippen LogP contribution in [0.1, 0.15) is 58.8 Å². The van der Waals surface area contributed by atoms with Crippen LogP contribution in [0.3, 0.4) is 0 Å². The fourth-order valence-electron chi connectivity index (χ4n) is 5.10. The van der Waals surface area contributed by atoms with Gasteiger partial charge in [0.25, 0.3) is 0 Å². The summed E-state index contributed by atoms with van der Waals surface area (Å²) < 4.78 is 5.73. The van der Waals surface area contributed by atoms with Crippen molar-refractivity contribution in [1.29, 1.82) is 0 Å². The van der Waals surface area contributed by atoms with Crippen LogP contribution >= 0.6 is 0 Å². The molecule has 0 unspecified atom stereocenters. The number of benzene rings is 3. The second-order valence-electron chi connectivity index (χ2n) is 9.99. The lowest BCUT2D eigenvalue weighted by Crippen LogP contribution is -2.46. The van der Waals surface area contributed by atoms with Gasteiger partial charge in [-0.05, 0) is 49.8 Å². The molecule has 0 N–H and O–H groups in total. The molecular formula is C31H33N3O2. The van der Waals surface area contributed by atoms with Gasteiger partial charge in [0.2, 0.25) is 11.8 Å². The number of carbonyl (C=O) groups is 1. The number of aryl methyl sites for hydroxylation is 3. The van der Waals surface area contributed by atoms with E-state index in [-0.39, 0.29) is 11.3 Å². The number of rotatable bonds is 7. The second-order valence-corrected chi connectivity index (χ2v) is 9.99. The van der Waals surface area contributed by atoms with Crippen molar-refractivity contribution in [2.75, 3.05) is 13.1 Å². The number of hydrogen-bond acceptors (Lipinski definition) is 4. The molecule has 2 heterocycles. The SMILES string of the molecule is Cc1ccc(CCC(=O)N2CCC(c3ccccc3)(c3noc(Cc4ccc(C)cc4)n3)CC2)cc1. The molecule has 0 saturated carbocycles. The molecule has 0 spiro atoms. The minimum atomic E-state index is -0.357. The van der Waals surface area contributed by atoms with Gasteiger partial charge in [-0.3, -0.25) is 4.79 Å². The number of hydrogen-bond donors (Lipinski definition) is 0. The van der Waals surface area contributed by atoms with Crippen LogP contribution < -0.4 is 0 Å². The third-order valence-electron chi connectivity index (χ3n) is 7.42. The maximum Gasteiger partial charge on any atom is 0.231 e. The number of aromatic nitrogens is 2. The van der Waals surface area contributed by atoms with Crippen molar-refractivity contribution >= 4 is 5.91 Å². The molecule has 36 heavy (non-hydrogen) atoms. The van der Waals surface area contributed by atoms with Crippen molar-refractivity contribution in [2.45, 2.75) is 51.4 Å². The van der Waals surface area contributed by atoms with Crippen molar-refractivity contribution in [2.24, 2.45) is 0 Å². The van der Waals surface area contributed by atoms with E-state index in [0.29, 0.717) is 31.8 Å². The van der Waals surface area contributed by atoms with Crippen molar-refractivity contribution in [3.8, 4) is 0 Å². The van der Waals surface area contributed by atoms with Crippen LogP contribution in [0.5, 0.6) is 0 Å². The average molecular weight is 480 g/mol. The Bertz CT molecular complexity index is 1290. The molecule has 1 aliphatic heterocycles. The number of amides is 1. The summed E-state index contributed by atoms with van der Waals surface area (Å²) in [6.07, 6.45) is 3.46. The normalized spacial score (nSPS) is 15.1. The standard InChI is InChI=1S/C31H33N3O2/c1-23-8-12-25(13-9-23)16-17-29(35)34-20-18-31(19-21-34,27-6-4-3-5-7-27)30-32-28(36-33-30)22-26-14-10-24(2)11-15-26/h3-15H,16-22H2,1-2H3. The summed E-state index contributed by atoms with van der Waals surface area (Å²) in [6.45, 7) is 5.53. The summed E-state index contributed by atoms with van der Waals surface area (Å²) in [4.78, 5) is 19.9. The van der Waals surface area contributed by atoms with E-state index in [1.807, 2.05) is 11.0 Å². The topological polar surface area (TPSA) is 59.2 Å². The molecule has 0 atom stereocenters. The highest BCUT2D eigenvalue weighted by Crippen LogP contribution is 2.40. The fraction of sp³-hybridized carbons (Fsp3) is 0.323. The van der Waals surface area contributed by atoms with Crippen molar-refractivity contribution < 1.29 is 9.32 Å². The summed E-state index contributed by atoms with van der Waals surface area (Å²) >= 11 is 0. The maximum atomic E-state index is 13.0. The molecule has 5 nitrogen and oxygen atoms in total. The van der Waals surface area contributed by atoms with Gasteiger partial charge in [0.15, 0.2) is 5.82 Å². The number of piperidine rings is 1. The zero-order valence-corrected chi connectivity index (χ0v) is 21.1. The van der Waals surface area contributed by atoms with E-state index >= 15 is 0 Å². The monoisotopic (exact) mass is 479 g/mol. The Morgan fingerprint density at radius 2 is 1.47 bits per heavy atom. The number of likely N-dealkylation sites (tertiary alicyclic amines) is 1. The van der Waals surface area contributed by atoms with Crippen molar-refractivity contribution in [3.63, 3.8) is 0 Å². The fourth-order valence-corrected chi connectivity index (χ4v) is 5.10. The molecule has 0 bridgehead atoms. The largest absolute Gasteiger partial charge is 0.343 e. The lowest BCUT2D eigenvalue weighted by atomic mass is 9.72. The molecule has 5 rings (SSSR count). The van der Waals surface area contributed by atoms with Gasteiger partial charge in [0.05, 0.1) is 11.8 Å². The predicted molar refractivity (Wildman–Crippen MR) is 141 cm³/mol. The van der Waals surface area contributed by atoms with E-state index in [2.05, 4.69) is 91.8 Å². The summed E-state index contributed by atoms with van der Waals surface area (Å²) in [5.74, 6) is 1.56. The molecule has 5 heteroatoms. The zero-order valence-electron chi connectivity index (χ0n) is 21.1. The highest BCUT2D eigenvalue weighted by atomic mass is 16.5. The first-order valence-electron chi connectivity index (χ1n) is 12.8. The quantitative estimate of drug-likeness (QED) is 0.335. The molecule has 1 amide bonds. The Morgan fingerprint density at radius 3 is 2.11 bits per heavy atom. The van der Waals surface area contributed by atoms with Gasteiger partial charge in [-0.2, -0.15) is 4.98 Å². The number of carbonyl (C=O) groups excluding carboxylic acids is 1. The Balaban J connectivity index is 1.30. The van der Waals surface area contributed by atoms with Gasteiger partial charge in [-0.15, -0.1) is 0 Å². The third-order valence-corrected chi connectivity index (χ3v) is 7.42. The van der Waals surface area contributed by atoms with Gasteiger partial charge in [-0.25, -0.2) is 0 Å². The second kappa shape index (κ2) is 10.5. The Labute approximate surface area is 213 Å². The van der Waals surface area contributed by atoms with Crippen LogP contribution in [0.2, 0.25) is 0 Å². The van der Waals surface area contributed by atoms with E-state index in [0.717, 1.165) is 30.7 Å². The minimum absolute atomic E-state index is 0.213. The number of nitrogens with zero attached hydrogens (tertiary/aromatic N) is 3. The highest BCUT2D eigenvalue weighted by Gasteiger charge is 2.42. The highest BCUT2D eigenvalue weighted by molar-refractivity contribution is 5.76. The lowest BCUT2D eigenvalue weighted by molar-refractivity contribution is -0.132. The van der Waals surface area contributed by atoms with Gasteiger partial charge in [0.1, 0.15) is 0 Å². The minimum Gasteiger partial charge on any atom is -0.343 e. The summed E-state index contributed by atoms with van der Waals surface area (Å²) in [7, 11) is 0. The first-order chi connectivity index (χ1) is 17.5. The van der Waals surface area contributed by atoms with Crippen molar-refractivity contribution in [3.05, 3.63) is 118 Å². The first kappa shape index (κ1) is 24.0. The molecule has 1 aromatic heterocycles. The third kappa shape index (κ3) is 5.25. The summed E-state index contributed by atoms with van der Waals surface area (Å²) in [5, 5.41) is 4.47. The van der Waals surface area contributed by atoms with Gasteiger partial charge >= 0.3 is 0 Å². The molecule has 1 saturated heterocycles. The van der Waals surface area contributed by atoms with Gasteiger partial charge in [-0.1, -0.05) is 95.1 Å². The van der Waals surface area contributed by atoms with E-state index < -0.39 is 0 Å². The van der Waals surface area contributed by atoms with Crippen molar-refractivity contribution in [1.82, 2.24) is 15.0 Å².